The molecular formula is C21H30N2O5. The molecule has 1 unspecified atom stereocenters. The predicted octanol–water partition coefficient (Wildman–Crippen LogP) is 3.16. The second-order valence-corrected chi connectivity index (χ2v) is 8.61. The third-order valence-corrected chi connectivity index (χ3v) is 5.25. The number of likely N-dealkylation sites (tertiary alicyclic amines) is 1. The van der Waals surface area contributed by atoms with Crippen molar-refractivity contribution in [2.75, 3.05) is 6.54 Å². The monoisotopic (exact) mass is 390 g/mol. The number of fused-ring (bicyclic) bond motifs is 2. The van der Waals surface area contributed by atoms with Gasteiger partial charge >= 0.3 is 12.2 Å². The van der Waals surface area contributed by atoms with Gasteiger partial charge < -0.3 is 14.6 Å². The lowest BCUT2D eigenvalue weighted by Gasteiger charge is -2.47. The largest absolute Gasteiger partial charge is 0.445 e. The molecule has 0 radical (unpaired) electrons. The number of aliphatic hydroxyl groups is 1. The SMILES string of the molecule is C[C@H](O)C1[C@@H]2CC[C@H](CN1C(=O)OCc1ccccc1)N2C(=O)OC(C)(C)C. The number of piperazine rings is 1. The Morgan fingerprint density at radius 2 is 1.86 bits per heavy atom. The fourth-order valence-corrected chi connectivity index (χ4v) is 4.16. The molecule has 3 rings (SSSR count). The normalized spacial score (nSPS) is 25.4. The van der Waals surface area contributed by atoms with E-state index in [1.807, 2.05) is 51.1 Å². The number of ether oxygens (including phenoxy) is 2. The first-order valence-corrected chi connectivity index (χ1v) is 9.84. The summed E-state index contributed by atoms with van der Waals surface area (Å²) in [6, 6.07) is 8.55. The smallest absolute Gasteiger partial charge is 0.410 e. The highest BCUT2D eigenvalue weighted by molar-refractivity contribution is 5.72. The minimum Gasteiger partial charge on any atom is -0.445 e. The fraction of sp³-hybridized carbons (Fsp3) is 0.619. The Morgan fingerprint density at radius 1 is 1.18 bits per heavy atom. The quantitative estimate of drug-likeness (QED) is 0.858. The van der Waals surface area contributed by atoms with Crippen molar-refractivity contribution in [3.63, 3.8) is 0 Å². The van der Waals surface area contributed by atoms with Crippen molar-refractivity contribution in [1.82, 2.24) is 9.80 Å². The molecule has 2 bridgehead atoms. The van der Waals surface area contributed by atoms with Gasteiger partial charge in [0.1, 0.15) is 12.2 Å². The van der Waals surface area contributed by atoms with E-state index in [4.69, 9.17) is 9.47 Å². The van der Waals surface area contributed by atoms with Gasteiger partial charge in [0.15, 0.2) is 0 Å². The summed E-state index contributed by atoms with van der Waals surface area (Å²) < 4.78 is 11.0. The number of hydrogen-bond donors (Lipinski definition) is 1. The molecule has 2 heterocycles. The number of carbonyl (C=O) groups is 2. The van der Waals surface area contributed by atoms with Crippen molar-refractivity contribution < 1.29 is 24.2 Å². The van der Waals surface area contributed by atoms with Crippen LogP contribution < -0.4 is 0 Å². The van der Waals surface area contributed by atoms with E-state index in [9.17, 15) is 14.7 Å². The fourth-order valence-electron chi connectivity index (χ4n) is 4.16. The van der Waals surface area contributed by atoms with Crippen molar-refractivity contribution in [3.8, 4) is 0 Å². The number of hydrogen-bond acceptors (Lipinski definition) is 5. The number of amides is 2. The Bertz CT molecular complexity index is 700. The van der Waals surface area contributed by atoms with Crippen molar-refractivity contribution in [2.24, 2.45) is 0 Å². The summed E-state index contributed by atoms with van der Waals surface area (Å²) in [6.07, 6.45) is -0.144. The van der Waals surface area contributed by atoms with Crippen LogP contribution in [0.3, 0.4) is 0 Å². The molecule has 2 fully saturated rings. The average Bonchev–Trinajstić information content (AvgIpc) is 2.92. The van der Waals surface area contributed by atoms with E-state index in [1.54, 1.807) is 16.7 Å². The first-order valence-electron chi connectivity index (χ1n) is 9.84. The Kier molecular flexibility index (Phi) is 5.84. The standard InChI is InChI=1S/C21H30N2O5/c1-14(24)18-17-11-10-16(23(17)20(26)28-21(2,3)4)12-22(18)19(25)27-13-15-8-6-5-7-9-15/h5-9,14,16-18,24H,10-13H2,1-4H3/t14-,16+,17-,18?/m0/s1. The number of aliphatic hydroxyl groups excluding tert-OH is 1. The zero-order valence-electron chi connectivity index (χ0n) is 17.0. The van der Waals surface area contributed by atoms with E-state index in [-0.39, 0.29) is 24.8 Å². The van der Waals surface area contributed by atoms with Crippen LogP contribution in [0.2, 0.25) is 0 Å². The first kappa shape index (κ1) is 20.5. The summed E-state index contributed by atoms with van der Waals surface area (Å²) in [5.41, 5.74) is 0.308. The molecule has 7 heteroatoms. The maximum Gasteiger partial charge on any atom is 0.410 e. The van der Waals surface area contributed by atoms with Crippen LogP contribution in [0.4, 0.5) is 9.59 Å². The third kappa shape index (κ3) is 4.41. The second kappa shape index (κ2) is 7.99. The maximum absolute atomic E-state index is 12.8. The Morgan fingerprint density at radius 3 is 2.46 bits per heavy atom. The van der Waals surface area contributed by atoms with Crippen LogP contribution in [0.15, 0.2) is 30.3 Å². The molecule has 4 atom stereocenters. The molecule has 0 aliphatic carbocycles. The topological polar surface area (TPSA) is 79.3 Å². The van der Waals surface area contributed by atoms with Gasteiger partial charge in [-0.2, -0.15) is 0 Å². The highest BCUT2D eigenvalue weighted by Crippen LogP contribution is 2.37. The summed E-state index contributed by atoms with van der Waals surface area (Å²) in [5, 5.41) is 10.4. The van der Waals surface area contributed by atoms with Crippen LogP contribution in [0.1, 0.15) is 46.1 Å². The van der Waals surface area contributed by atoms with Crippen LogP contribution in [0.5, 0.6) is 0 Å². The van der Waals surface area contributed by atoms with Gasteiger partial charge in [-0.05, 0) is 46.1 Å². The second-order valence-electron chi connectivity index (χ2n) is 8.61. The molecule has 2 aliphatic rings. The minimum absolute atomic E-state index is 0.126. The molecule has 0 spiro atoms. The van der Waals surface area contributed by atoms with Gasteiger partial charge in [0.25, 0.3) is 0 Å². The summed E-state index contributed by atoms with van der Waals surface area (Å²) in [5.74, 6) is 0. The minimum atomic E-state index is -0.793. The molecule has 154 valence electrons. The predicted molar refractivity (Wildman–Crippen MR) is 104 cm³/mol. The summed E-state index contributed by atoms with van der Waals surface area (Å²) in [4.78, 5) is 28.8. The van der Waals surface area contributed by atoms with E-state index < -0.39 is 23.8 Å². The lowest BCUT2D eigenvalue weighted by Crippen LogP contribution is -2.65. The highest BCUT2D eigenvalue weighted by Gasteiger charge is 2.52. The lowest BCUT2D eigenvalue weighted by molar-refractivity contribution is -0.0486. The van der Waals surface area contributed by atoms with Gasteiger partial charge in [0.05, 0.1) is 24.2 Å². The zero-order chi connectivity index (χ0) is 20.5. The van der Waals surface area contributed by atoms with Gasteiger partial charge in [-0.15, -0.1) is 0 Å². The Hall–Kier alpha value is -2.28. The van der Waals surface area contributed by atoms with Crippen LogP contribution >= 0.6 is 0 Å². The van der Waals surface area contributed by atoms with Crippen molar-refractivity contribution >= 4 is 12.2 Å². The van der Waals surface area contributed by atoms with E-state index in [0.29, 0.717) is 6.54 Å². The van der Waals surface area contributed by atoms with Crippen molar-refractivity contribution in [3.05, 3.63) is 35.9 Å². The molecule has 2 saturated heterocycles. The third-order valence-electron chi connectivity index (χ3n) is 5.25. The Labute approximate surface area is 166 Å². The summed E-state index contributed by atoms with van der Waals surface area (Å²) in [6.45, 7) is 7.64. The number of nitrogens with zero attached hydrogens (tertiary/aromatic N) is 2. The molecule has 1 aromatic carbocycles. The van der Waals surface area contributed by atoms with Crippen LogP contribution in [-0.2, 0) is 16.1 Å². The average molecular weight is 390 g/mol. The van der Waals surface area contributed by atoms with Crippen molar-refractivity contribution in [1.29, 1.82) is 0 Å². The lowest BCUT2D eigenvalue weighted by atomic mass is 9.98. The van der Waals surface area contributed by atoms with E-state index in [1.165, 1.54) is 0 Å². The maximum atomic E-state index is 12.8. The van der Waals surface area contributed by atoms with Crippen molar-refractivity contribution in [2.45, 2.75) is 77.0 Å². The Balaban J connectivity index is 1.72. The van der Waals surface area contributed by atoms with Crippen LogP contribution in [-0.4, -0.2) is 63.5 Å². The molecule has 1 aromatic rings. The molecule has 2 amide bonds. The van der Waals surface area contributed by atoms with Gasteiger partial charge in [-0.3, -0.25) is 9.80 Å². The first-order chi connectivity index (χ1) is 13.2. The molecule has 28 heavy (non-hydrogen) atoms. The molecule has 0 saturated carbocycles. The molecule has 1 N–H and O–H groups in total. The number of benzene rings is 1. The van der Waals surface area contributed by atoms with Gasteiger partial charge in [0.2, 0.25) is 0 Å². The van der Waals surface area contributed by atoms with E-state index in [2.05, 4.69) is 0 Å². The molecule has 7 nitrogen and oxygen atoms in total. The van der Waals surface area contributed by atoms with Gasteiger partial charge in [-0.1, -0.05) is 30.3 Å². The molecular weight excluding hydrogens is 360 g/mol. The van der Waals surface area contributed by atoms with Crippen LogP contribution in [0.25, 0.3) is 0 Å². The van der Waals surface area contributed by atoms with Gasteiger partial charge in [0, 0.05) is 6.54 Å². The van der Waals surface area contributed by atoms with E-state index in [0.717, 1.165) is 18.4 Å². The summed E-state index contributed by atoms with van der Waals surface area (Å²) >= 11 is 0. The molecule has 0 aromatic heterocycles. The molecule has 2 aliphatic heterocycles. The highest BCUT2D eigenvalue weighted by atomic mass is 16.6. The van der Waals surface area contributed by atoms with Crippen LogP contribution in [0, 0.1) is 0 Å². The van der Waals surface area contributed by atoms with Gasteiger partial charge in [-0.25, -0.2) is 9.59 Å². The summed E-state index contributed by atoms with van der Waals surface area (Å²) in [7, 11) is 0. The number of rotatable bonds is 3. The van der Waals surface area contributed by atoms with E-state index >= 15 is 0 Å². The number of carbonyl (C=O) groups excluding carboxylic acids is 2. The zero-order valence-corrected chi connectivity index (χ0v) is 17.0.